The summed E-state index contributed by atoms with van der Waals surface area (Å²) in [6, 6.07) is 15.2. The molecule has 1 heterocycles. The van der Waals surface area contributed by atoms with Crippen molar-refractivity contribution in [1.82, 2.24) is 15.2 Å². The number of aryl methyl sites for hydroxylation is 1. The molecule has 3 rings (SSSR count). The molecule has 0 saturated carbocycles. The number of carbonyl (C=O) groups excluding carboxylic acids is 2. The van der Waals surface area contributed by atoms with Gasteiger partial charge in [0.05, 0.1) is 16.8 Å². The molecule has 0 radical (unpaired) electrons. The molecule has 0 aliphatic carbocycles. The van der Waals surface area contributed by atoms with Gasteiger partial charge in [-0.05, 0) is 51.4 Å². The minimum atomic E-state index is -0.117. The number of nitrogens with zero attached hydrogens (tertiary/aromatic N) is 2. The largest absolute Gasteiger partial charge is 0.351 e. The highest BCUT2D eigenvalue weighted by atomic mass is 16.2. The molecule has 3 aromatic rings. The first-order chi connectivity index (χ1) is 13.8. The second-order valence-corrected chi connectivity index (χ2v) is 7.39. The Labute approximate surface area is 170 Å². The van der Waals surface area contributed by atoms with Crippen LogP contribution in [0.5, 0.6) is 0 Å². The molecule has 0 aliphatic rings. The topological polar surface area (TPSA) is 74.3 Å². The number of pyridine rings is 1. The van der Waals surface area contributed by atoms with Crippen LogP contribution in [0.15, 0.2) is 48.5 Å². The minimum Gasteiger partial charge on any atom is -0.351 e. The summed E-state index contributed by atoms with van der Waals surface area (Å²) in [5, 5.41) is 6.59. The third kappa shape index (κ3) is 5.18. The molecule has 6 nitrogen and oxygen atoms in total. The van der Waals surface area contributed by atoms with Gasteiger partial charge in [-0.1, -0.05) is 23.8 Å². The molecule has 1 aromatic heterocycles. The van der Waals surface area contributed by atoms with E-state index < -0.39 is 0 Å². The summed E-state index contributed by atoms with van der Waals surface area (Å²) in [5.74, 6) is -0.227. The Kier molecular flexibility index (Phi) is 6.24. The van der Waals surface area contributed by atoms with Crippen molar-refractivity contribution in [3.8, 4) is 11.3 Å². The van der Waals surface area contributed by atoms with E-state index in [0.717, 1.165) is 34.3 Å². The Morgan fingerprint density at radius 2 is 1.76 bits per heavy atom. The summed E-state index contributed by atoms with van der Waals surface area (Å²) in [7, 11) is 3.94. The SMILES string of the molecule is CC(=O)Nc1ccc(-c2cc(C(=O)NCCN(C)C)c3cc(C)ccc3n2)cc1. The van der Waals surface area contributed by atoms with E-state index >= 15 is 0 Å². The van der Waals surface area contributed by atoms with Crippen molar-refractivity contribution in [2.24, 2.45) is 0 Å². The maximum absolute atomic E-state index is 12.9. The van der Waals surface area contributed by atoms with E-state index in [4.69, 9.17) is 4.98 Å². The second-order valence-electron chi connectivity index (χ2n) is 7.39. The van der Waals surface area contributed by atoms with Crippen molar-refractivity contribution in [3.05, 3.63) is 59.7 Å². The first-order valence-electron chi connectivity index (χ1n) is 9.56. The average Bonchev–Trinajstić information content (AvgIpc) is 2.67. The van der Waals surface area contributed by atoms with Crippen molar-refractivity contribution in [1.29, 1.82) is 0 Å². The minimum absolute atomic E-state index is 0.110. The molecule has 6 heteroatoms. The summed E-state index contributed by atoms with van der Waals surface area (Å²) in [6.45, 7) is 4.82. The molecule has 2 aromatic carbocycles. The summed E-state index contributed by atoms with van der Waals surface area (Å²) in [5.41, 5.74) is 4.78. The van der Waals surface area contributed by atoms with Crippen LogP contribution in [0.1, 0.15) is 22.8 Å². The molecule has 0 atom stereocenters. The maximum atomic E-state index is 12.9. The van der Waals surface area contributed by atoms with Crippen molar-refractivity contribution in [2.75, 3.05) is 32.5 Å². The molecule has 0 aliphatic heterocycles. The predicted octanol–water partition coefficient (Wildman–Crippen LogP) is 3.46. The van der Waals surface area contributed by atoms with Gasteiger partial charge in [-0.2, -0.15) is 0 Å². The fourth-order valence-electron chi connectivity index (χ4n) is 3.09. The molecule has 0 bridgehead atoms. The fraction of sp³-hybridized carbons (Fsp3) is 0.261. The highest BCUT2D eigenvalue weighted by molar-refractivity contribution is 6.07. The van der Waals surface area contributed by atoms with Gasteiger partial charge in [0.1, 0.15) is 0 Å². The van der Waals surface area contributed by atoms with Gasteiger partial charge in [-0.15, -0.1) is 0 Å². The fourth-order valence-corrected chi connectivity index (χ4v) is 3.09. The van der Waals surface area contributed by atoms with Crippen LogP contribution in [0.25, 0.3) is 22.2 Å². The van der Waals surface area contributed by atoms with Gasteiger partial charge >= 0.3 is 0 Å². The molecule has 0 spiro atoms. The second kappa shape index (κ2) is 8.84. The van der Waals surface area contributed by atoms with Gasteiger partial charge in [0.2, 0.25) is 5.91 Å². The van der Waals surface area contributed by atoms with Crippen LogP contribution < -0.4 is 10.6 Å². The van der Waals surface area contributed by atoms with Crippen LogP contribution in [0.3, 0.4) is 0 Å². The van der Waals surface area contributed by atoms with Gasteiger partial charge in [-0.25, -0.2) is 4.98 Å². The van der Waals surface area contributed by atoms with E-state index in [-0.39, 0.29) is 11.8 Å². The number of aromatic nitrogens is 1. The summed E-state index contributed by atoms with van der Waals surface area (Å²) < 4.78 is 0. The first kappa shape index (κ1) is 20.5. The standard InChI is InChI=1S/C23H26N4O2/c1-15-5-10-21-19(13-15)20(23(29)24-11-12-27(3)4)14-22(26-21)17-6-8-18(9-7-17)25-16(2)28/h5-10,13-14H,11-12H2,1-4H3,(H,24,29)(H,25,28). The number of benzene rings is 2. The molecule has 2 N–H and O–H groups in total. The quantitative estimate of drug-likeness (QED) is 0.676. The number of anilines is 1. The first-order valence-corrected chi connectivity index (χ1v) is 9.56. The Bertz CT molecular complexity index is 1040. The summed E-state index contributed by atoms with van der Waals surface area (Å²) >= 11 is 0. The number of hydrogen-bond acceptors (Lipinski definition) is 4. The smallest absolute Gasteiger partial charge is 0.252 e. The third-order valence-electron chi connectivity index (χ3n) is 4.55. The zero-order valence-electron chi connectivity index (χ0n) is 17.2. The molecule has 150 valence electrons. The van der Waals surface area contributed by atoms with Crippen molar-refractivity contribution in [2.45, 2.75) is 13.8 Å². The lowest BCUT2D eigenvalue weighted by molar-refractivity contribution is -0.114. The van der Waals surface area contributed by atoms with E-state index in [1.54, 1.807) is 0 Å². The Morgan fingerprint density at radius 1 is 1.03 bits per heavy atom. The molecule has 0 fully saturated rings. The Balaban J connectivity index is 1.99. The van der Waals surface area contributed by atoms with Crippen LogP contribution >= 0.6 is 0 Å². The van der Waals surface area contributed by atoms with E-state index in [2.05, 4.69) is 10.6 Å². The lowest BCUT2D eigenvalue weighted by Gasteiger charge is -2.13. The lowest BCUT2D eigenvalue weighted by atomic mass is 10.0. The van der Waals surface area contributed by atoms with Crippen LogP contribution in [-0.2, 0) is 4.79 Å². The van der Waals surface area contributed by atoms with Gasteiger partial charge in [0, 0.05) is 36.7 Å². The average molecular weight is 390 g/mol. The molecule has 2 amide bonds. The van der Waals surface area contributed by atoms with Crippen LogP contribution in [-0.4, -0.2) is 48.9 Å². The third-order valence-corrected chi connectivity index (χ3v) is 4.55. The highest BCUT2D eigenvalue weighted by Crippen LogP contribution is 2.26. The van der Waals surface area contributed by atoms with Gasteiger partial charge in [0.25, 0.3) is 5.91 Å². The summed E-state index contributed by atoms with van der Waals surface area (Å²) in [4.78, 5) is 30.9. The normalized spacial score (nSPS) is 10.9. The highest BCUT2D eigenvalue weighted by Gasteiger charge is 2.14. The zero-order valence-corrected chi connectivity index (χ0v) is 17.2. The molecule has 0 saturated heterocycles. The number of fused-ring (bicyclic) bond motifs is 1. The number of hydrogen-bond donors (Lipinski definition) is 2. The number of nitrogens with one attached hydrogen (secondary N) is 2. The van der Waals surface area contributed by atoms with Crippen LogP contribution in [0, 0.1) is 6.92 Å². The molecular formula is C23H26N4O2. The van der Waals surface area contributed by atoms with E-state index in [1.807, 2.05) is 74.4 Å². The predicted molar refractivity (Wildman–Crippen MR) is 117 cm³/mol. The number of rotatable bonds is 6. The van der Waals surface area contributed by atoms with Crippen LogP contribution in [0.2, 0.25) is 0 Å². The van der Waals surface area contributed by atoms with E-state index in [1.165, 1.54) is 6.92 Å². The number of amides is 2. The number of carbonyl (C=O) groups is 2. The van der Waals surface area contributed by atoms with Gasteiger partial charge in [0.15, 0.2) is 0 Å². The van der Waals surface area contributed by atoms with Gasteiger partial charge in [-0.3, -0.25) is 9.59 Å². The molecule has 0 unspecified atom stereocenters. The monoisotopic (exact) mass is 390 g/mol. The Morgan fingerprint density at radius 3 is 2.41 bits per heavy atom. The Hall–Kier alpha value is -3.25. The van der Waals surface area contributed by atoms with Crippen LogP contribution in [0.4, 0.5) is 5.69 Å². The molecule has 29 heavy (non-hydrogen) atoms. The lowest BCUT2D eigenvalue weighted by Crippen LogP contribution is -2.31. The zero-order chi connectivity index (χ0) is 21.0. The van der Waals surface area contributed by atoms with Crippen molar-refractivity contribution in [3.63, 3.8) is 0 Å². The molecular weight excluding hydrogens is 364 g/mol. The van der Waals surface area contributed by atoms with E-state index in [0.29, 0.717) is 17.8 Å². The van der Waals surface area contributed by atoms with Crippen molar-refractivity contribution < 1.29 is 9.59 Å². The number of likely N-dealkylation sites (N-methyl/N-ethyl adjacent to an activating group) is 1. The maximum Gasteiger partial charge on any atom is 0.252 e. The van der Waals surface area contributed by atoms with Crippen molar-refractivity contribution >= 4 is 28.4 Å². The summed E-state index contributed by atoms with van der Waals surface area (Å²) in [6.07, 6.45) is 0. The van der Waals surface area contributed by atoms with E-state index in [9.17, 15) is 9.59 Å². The van der Waals surface area contributed by atoms with Gasteiger partial charge < -0.3 is 15.5 Å².